The van der Waals surface area contributed by atoms with Crippen LogP contribution in [0.15, 0.2) is 53.0 Å². The topological polar surface area (TPSA) is 51.0 Å². The highest BCUT2D eigenvalue weighted by Gasteiger charge is 2.32. The fourth-order valence-corrected chi connectivity index (χ4v) is 5.72. The molecule has 1 aliphatic carbocycles. The van der Waals surface area contributed by atoms with Gasteiger partial charge in [0, 0.05) is 17.3 Å². The van der Waals surface area contributed by atoms with Crippen LogP contribution in [-0.2, 0) is 11.3 Å². The van der Waals surface area contributed by atoms with Crippen molar-refractivity contribution in [1.82, 2.24) is 19.7 Å². The minimum atomic E-state index is 0.202. The molecular weight excluding hydrogens is 400 g/mol. The van der Waals surface area contributed by atoms with E-state index in [0.717, 1.165) is 36.9 Å². The Morgan fingerprint density at radius 2 is 1.97 bits per heavy atom. The van der Waals surface area contributed by atoms with E-state index in [9.17, 15) is 4.79 Å². The van der Waals surface area contributed by atoms with E-state index in [1.807, 2.05) is 6.07 Å². The van der Waals surface area contributed by atoms with Crippen LogP contribution in [0.3, 0.4) is 0 Å². The smallest absolute Gasteiger partial charge is 0.233 e. The van der Waals surface area contributed by atoms with Gasteiger partial charge in [-0.15, -0.1) is 21.5 Å². The zero-order valence-electron chi connectivity index (χ0n) is 16.2. The maximum atomic E-state index is 13.0. The van der Waals surface area contributed by atoms with Gasteiger partial charge in [0.25, 0.3) is 0 Å². The number of nitrogens with zero attached hydrogens (tertiary/aromatic N) is 4. The first-order valence-electron chi connectivity index (χ1n) is 10.2. The second kappa shape index (κ2) is 8.32. The summed E-state index contributed by atoms with van der Waals surface area (Å²) in [6.07, 6.45) is 4.52. The molecule has 1 aliphatic heterocycles. The molecule has 5 rings (SSSR count). The Labute approximate surface area is 179 Å². The van der Waals surface area contributed by atoms with Crippen molar-refractivity contribution in [2.24, 2.45) is 0 Å². The van der Waals surface area contributed by atoms with E-state index in [-0.39, 0.29) is 11.9 Å². The Hall–Kier alpha value is -2.12. The molecule has 2 aliphatic rings. The number of aromatic nitrogens is 3. The molecule has 3 heterocycles. The van der Waals surface area contributed by atoms with E-state index in [0.29, 0.717) is 11.7 Å². The molecule has 0 radical (unpaired) electrons. The lowest BCUT2D eigenvalue weighted by Gasteiger charge is -2.23. The lowest BCUT2D eigenvalue weighted by molar-refractivity contribution is -0.129. The first-order valence-corrected chi connectivity index (χ1v) is 12.1. The van der Waals surface area contributed by atoms with E-state index in [2.05, 4.69) is 61.4 Å². The fourth-order valence-electron chi connectivity index (χ4n) is 4.02. The van der Waals surface area contributed by atoms with Gasteiger partial charge in [0.1, 0.15) is 5.82 Å². The quantitative estimate of drug-likeness (QED) is 0.515. The highest BCUT2D eigenvalue weighted by Crippen LogP contribution is 2.40. The molecule has 1 saturated carbocycles. The van der Waals surface area contributed by atoms with Crippen LogP contribution in [0.25, 0.3) is 0 Å². The predicted molar refractivity (Wildman–Crippen MR) is 116 cm³/mol. The van der Waals surface area contributed by atoms with E-state index < -0.39 is 0 Å². The number of thiophene rings is 1. The van der Waals surface area contributed by atoms with Gasteiger partial charge < -0.3 is 9.47 Å². The second-order valence-electron chi connectivity index (χ2n) is 7.74. The molecule has 0 N–H and O–H groups in total. The third kappa shape index (κ3) is 4.12. The molecule has 29 heavy (non-hydrogen) atoms. The summed E-state index contributed by atoms with van der Waals surface area (Å²) in [5.41, 5.74) is 1.24. The normalized spacial score (nSPS) is 19.0. The summed E-state index contributed by atoms with van der Waals surface area (Å²) in [5.74, 6) is 2.21. The number of likely N-dealkylation sites (tertiary alicyclic amines) is 1. The number of carbonyl (C=O) groups is 1. The van der Waals surface area contributed by atoms with Gasteiger partial charge in [0.05, 0.1) is 18.3 Å². The SMILES string of the molecule is O=C(CSc1nnc(C2CC2)n1Cc1ccccc1)N1CCC[C@@H]1c1cccs1. The van der Waals surface area contributed by atoms with Crippen LogP contribution in [-0.4, -0.2) is 37.9 Å². The van der Waals surface area contributed by atoms with Crippen molar-refractivity contribution in [2.75, 3.05) is 12.3 Å². The Balaban J connectivity index is 1.30. The van der Waals surface area contributed by atoms with Crippen LogP contribution >= 0.6 is 23.1 Å². The van der Waals surface area contributed by atoms with E-state index in [1.54, 1.807) is 11.3 Å². The largest absolute Gasteiger partial charge is 0.334 e. The predicted octanol–water partition coefficient (Wildman–Crippen LogP) is 4.72. The van der Waals surface area contributed by atoms with Crippen LogP contribution in [0.5, 0.6) is 0 Å². The van der Waals surface area contributed by atoms with Gasteiger partial charge in [-0.25, -0.2) is 0 Å². The Morgan fingerprint density at radius 1 is 1.10 bits per heavy atom. The average molecular weight is 425 g/mol. The van der Waals surface area contributed by atoms with Gasteiger partial charge in [0.2, 0.25) is 5.91 Å². The van der Waals surface area contributed by atoms with Crippen LogP contribution in [0.2, 0.25) is 0 Å². The molecule has 1 atom stereocenters. The molecule has 2 fully saturated rings. The molecule has 0 bridgehead atoms. The average Bonchev–Trinajstić information content (AvgIpc) is 3.15. The van der Waals surface area contributed by atoms with E-state index >= 15 is 0 Å². The molecule has 0 spiro atoms. The minimum absolute atomic E-state index is 0.202. The zero-order valence-corrected chi connectivity index (χ0v) is 17.9. The molecule has 2 aromatic heterocycles. The Kier molecular flexibility index (Phi) is 5.42. The third-order valence-electron chi connectivity index (χ3n) is 5.64. The van der Waals surface area contributed by atoms with Crippen molar-refractivity contribution in [3.8, 4) is 0 Å². The Bertz CT molecular complexity index is 966. The first kappa shape index (κ1) is 18.9. The molecule has 1 saturated heterocycles. The van der Waals surface area contributed by atoms with Crippen LogP contribution < -0.4 is 0 Å². The molecule has 150 valence electrons. The number of amides is 1. The van der Waals surface area contributed by atoms with Crippen LogP contribution in [0.1, 0.15) is 53.9 Å². The number of carbonyl (C=O) groups excluding carboxylic acids is 1. The summed E-state index contributed by atoms with van der Waals surface area (Å²) in [5, 5.41) is 11.9. The molecule has 1 aromatic carbocycles. The van der Waals surface area contributed by atoms with E-state index in [4.69, 9.17) is 0 Å². The second-order valence-corrected chi connectivity index (χ2v) is 9.66. The highest BCUT2D eigenvalue weighted by atomic mass is 32.2. The van der Waals surface area contributed by atoms with Gasteiger partial charge in [0.15, 0.2) is 5.16 Å². The molecule has 1 amide bonds. The van der Waals surface area contributed by atoms with Gasteiger partial charge in [-0.3, -0.25) is 4.79 Å². The lowest BCUT2D eigenvalue weighted by atomic mass is 10.2. The zero-order chi connectivity index (χ0) is 19.6. The summed E-state index contributed by atoms with van der Waals surface area (Å²) in [4.78, 5) is 16.3. The molecule has 7 heteroatoms. The summed E-state index contributed by atoms with van der Waals surface area (Å²) in [7, 11) is 0. The van der Waals surface area contributed by atoms with Crippen molar-refractivity contribution >= 4 is 29.0 Å². The first-order chi connectivity index (χ1) is 14.3. The Morgan fingerprint density at radius 3 is 2.72 bits per heavy atom. The molecule has 0 unspecified atom stereocenters. The van der Waals surface area contributed by atoms with Crippen molar-refractivity contribution in [3.05, 3.63) is 64.1 Å². The summed E-state index contributed by atoms with van der Waals surface area (Å²) < 4.78 is 2.21. The standard InChI is InChI=1S/C22H24N4OS2/c27-20(25-12-4-8-18(25)19-9-5-13-28-19)15-29-22-24-23-21(17-10-11-17)26(22)14-16-6-2-1-3-7-16/h1-3,5-7,9,13,17-18H,4,8,10-12,14-15H2/t18-/m1/s1. The third-order valence-corrected chi connectivity index (χ3v) is 7.57. The van der Waals surface area contributed by atoms with E-state index in [1.165, 1.54) is 35.0 Å². The van der Waals surface area contributed by atoms with Crippen LogP contribution in [0.4, 0.5) is 0 Å². The van der Waals surface area contributed by atoms with Crippen molar-refractivity contribution in [3.63, 3.8) is 0 Å². The minimum Gasteiger partial charge on any atom is -0.334 e. The van der Waals surface area contributed by atoms with Gasteiger partial charge in [-0.1, -0.05) is 48.2 Å². The van der Waals surface area contributed by atoms with Crippen molar-refractivity contribution < 1.29 is 4.79 Å². The van der Waals surface area contributed by atoms with Crippen molar-refractivity contribution in [1.29, 1.82) is 0 Å². The highest BCUT2D eigenvalue weighted by molar-refractivity contribution is 7.99. The monoisotopic (exact) mass is 424 g/mol. The number of hydrogen-bond acceptors (Lipinski definition) is 5. The number of thioether (sulfide) groups is 1. The van der Waals surface area contributed by atoms with Crippen LogP contribution in [0, 0.1) is 0 Å². The summed E-state index contributed by atoms with van der Waals surface area (Å²) in [6.45, 7) is 1.61. The van der Waals surface area contributed by atoms with Gasteiger partial charge >= 0.3 is 0 Å². The fraction of sp³-hybridized carbons (Fsp3) is 0.409. The van der Waals surface area contributed by atoms with Gasteiger partial charge in [-0.05, 0) is 42.7 Å². The number of hydrogen-bond donors (Lipinski definition) is 0. The van der Waals surface area contributed by atoms with Crippen molar-refractivity contribution in [2.45, 2.75) is 49.3 Å². The maximum Gasteiger partial charge on any atom is 0.233 e. The molecule has 5 nitrogen and oxygen atoms in total. The molecular formula is C22H24N4OS2. The lowest BCUT2D eigenvalue weighted by Crippen LogP contribution is -2.31. The summed E-state index contributed by atoms with van der Waals surface area (Å²) in [6, 6.07) is 14.9. The summed E-state index contributed by atoms with van der Waals surface area (Å²) >= 11 is 3.27. The maximum absolute atomic E-state index is 13.0. The van der Waals surface area contributed by atoms with Gasteiger partial charge in [-0.2, -0.15) is 0 Å². The number of benzene rings is 1. The number of rotatable bonds is 7. The molecule has 3 aromatic rings.